The molecule has 1 heterocycles. The van der Waals surface area contributed by atoms with E-state index in [1.165, 1.54) is 49.1 Å². The molecule has 2 aromatic rings. The molecule has 0 atom stereocenters. The monoisotopic (exact) mass is 314 g/mol. The van der Waals surface area contributed by atoms with Crippen molar-refractivity contribution in [2.45, 2.75) is 25.7 Å². The van der Waals surface area contributed by atoms with Crippen molar-refractivity contribution in [3.8, 4) is 16.9 Å². The van der Waals surface area contributed by atoms with Crippen LogP contribution in [-0.2, 0) is 10.3 Å². The minimum absolute atomic E-state index is 0.352. The highest BCUT2D eigenvalue weighted by Crippen LogP contribution is 2.28. The Morgan fingerprint density at radius 1 is 1.27 bits per heavy atom. The minimum atomic E-state index is -4.77. The fraction of sp³-hybridized carbons (Fsp3) is 0.286. The molecule has 118 valence electrons. The average Bonchev–Trinajstić information content (AvgIpc) is 2.86. The van der Waals surface area contributed by atoms with E-state index in [4.69, 9.17) is 5.11 Å². The zero-order chi connectivity index (χ0) is 16.5. The van der Waals surface area contributed by atoms with Crippen LogP contribution in [0.4, 0.5) is 13.2 Å². The lowest BCUT2D eigenvalue weighted by Gasteiger charge is -2.19. The SMILES string of the molecule is CC(C)(C(=O)O)n1cc(-c2cccc(OC(F)(F)F)c2)cn1. The summed E-state index contributed by atoms with van der Waals surface area (Å²) < 4.78 is 41.8. The quantitative estimate of drug-likeness (QED) is 0.940. The van der Waals surface area contributed by atoms with E-state index in [0.717, 1.165) is 0 Å². The molecule has 0 aliphatic heterocycles. The van der Waals surface area contributed by atoms with Crippen molar-refractivity contribution in [3.05, 3.63) is 36.7 Å². The Morgan fingerprint density at radius 3 is 2.55 bits per heavy atom. The Kier molecular flexibility index (Phi) is 3.87. The van der Waals surface area contributed by atoms with Crippen molar-refractivity contribution in [2.24, 2.45) is 0 Å². The van der Waals surface area contributed by atoms with Gasteiger partial charge in [0.2, 0.25) is 0 Å². The summed E-state index contributed by atoms with van der Waals surface area (Å²) in [5, 5.41) is 13.1. The maximum atomic E-state index is 12.2. The summed E-state index contributed by atoms with van der Waals surface area (Å²) in [6, 6.07) is 5.39. The number of aromatic nitrogens is 2. The number of carboxylic acids is 1. The van der Waals surface area contributed by atoms with Gasteiger partial charge in [-0.25, -0.2) is 4.79 Å². The van der Waals surface area contributed by atoms with E-state index in [-0.39, 0.29) is 5.75 Å². The van der Waals surface area contributed by atoms with Crippen LogP contribution in [-0.4, -0.2) is 27.2 Å². The maximum Gasteiger partial charge on any atom is 0.573 e. The second-order valence-electron chi connectivity index (χ2n) is 5.11. The van der Waals surface area contributed by atoms with Gasteiger partial charge in [-0.05, 0) is 31.5 Å². The molecule has 5 nitrogen and oxygen atoms in total. The zero-order valence-corrected chi connectivity index (χ0v) is 11.8. The van der Waals surface area contributed by atoms with E-state index in [9.17, 15) is 18.0 Å². The van der Waals surface area contributed by atoms with Crippen LogP contribution in [0.25, 0.3) is 11.1 Å². The van der Waals surface area contributed by atoms with Gasteiger partial charge >= 0.3 is 12.3 Å². The van der Waals surface area contributed by atoms with Crippen LogP contribution in [0.2, 0.25) is 0 Å². The molecular weight excluding hydrogens is 301 g/mol. The number of nitrogens with zero attached hydrogens (tertiary/aromatic N) is 2. The molecule has 0 aliphatic rings. The van der Waals surface area contributed by atoms with Gasteiger partial charge in [0, 0.05) is 11.8 Å². The molecule has 1 aromatic heterocycles. The number of hydrogen-bond acceptors (Lipinski definition) is 3. The van der Waals surface area contributed by atoms with Gasteiger partial charge in [0.1, 0.15) is 5.75 Å². The van der Waals surface area contributed by atoms with E-state index in [0.29, 0.717) is 11.1 Å². The Morgan fingerprint density at radius 2 is 1.95 bits per heavy atom. The molecule has 0 bridgehead atoms. The highest BCUT2D eigenvalue weighted by Gasteiger charge is 2.32. The van der Waals surface area contributed by atoms with E-state index in [1.807, 2.05) is 0 Å². The van der Waals surface area contributed by atoms with Crippen molar-refractivity contribution >= 4 is 5.97 Å². The van der Waals surface area contributed by atoms with E-state index >= 15 is 0 Å². The van der Waals surface area contributed by atoms with Gasteiger partial charge < -0.3 is 9.84 Å². The standard InChI is InChI=1S/C14H13F3N2O3/c1-13(2,12(20)21)19-8-10(7-18-19)9-4-3-5-11(6-9)22-14(15,16)17/h3-8H,1-2H3,(H,20,21). The van der Waals surface area contributed by atoms with Crippen LogP contribution in [0, 0.1) is 0 Å². The third kappa shape index (κ3) is 3.38. The summed E-state index contributed by atoms with van der Waals surface area (Å²) in [7, 11) is 0. The Bertz CT molecular complexity index is 693. The van der Waals surface area contributed by atoms with Gasteiger partial charge in [0.05, 0.1) is 6.20 Å². The number of ether oxygens (including phenoxy) is 1. The minimum Gasteiger partial charge on any atom is -0.479 e. The van der Waals surface area contributed by atoms with Gasteiger partial charge in [-0.1, -0.05) is 12.1 Å². The zero-order valence-electron chi connectivity index (χ0n) is 11.8. The van der Waals surface area contributed by atoms with Crippen LogP contribution in [0.15, 0.2) is 36.7 Å². The number of carboxylic acid groups (broad SMARTS) is 1. The molecule has 0 amide bonds. The summed E-state index contributed by atoms with van der Waals surface area (Å²) in [4.78, 5) is 11.2. The molecule has 1 N–H and O–H groups in total. The predicted octanol–water partition coefficient (Wildman–Crippen LogP) is 3.27. The second kappa shape index (κ2) is 5.36. The molecule has 0 saturated carbocycles. The third-order valence-electron chi connectivity index (χ3n) is 3.08. The van der Waals surface area contributed by atoms with Gasteiger partial charge in [0.25, 0.3) is 0 Å². The third-order valence-corrected chi connectivity index (χ3v) is 3.08. The Balaban J connectivity index is 2.32. The number of halogens is 3. The smallest absolute Gasteiger partial charge is 0.479 e. The number of hydrogen-bond donors (Lipinski definition) is 1. The fourth-order valence-electron chi connectivity index (χ4n) is 1.75. The number of benzene rings is 1. The van der Waals surface area contributed by atoms with Gasteiger partial charge in [-0.3, -0.25) is 4.68 Å². The normalized spacial score (nSPS) is 12.2. The first-order chi connectivity index (χ1) is 10.1. The van der Waals surface area contributed by atoms with Crippen LogP contribution in [0.5, 0.6) is 5.75 Å². The molecule has 0 unspecified atom stereocenters. The summed E-state index contributed by atoms with van der Waals surface area (Å²) >= 11 is 0. The molecule has 22 heavy (non-hydrogen) atoms. The average molecular weight is 314 g/mol. The van der Waals surface area contributed by atoms with Crippen LogP contribution < -0.4 is 4.74 Å². The maximum absolute atomic E-state index is 12.2. The van der Waals surface area contributed by atoms with Crippen molar-refractivity contribution in [1.82, 2.24) is 9.78 Å². The fourth-order valence-corrected chi connectivity index (χ4v) is 1.75. The lowest BCUT2D eigenvalue weighted by atomic mass is 10.1. The molecule has 8 heteroatoms. The largest absolute Gasteiger partial charge is 0.573 e. The number of carbonyl (C=O) groups is 1. The van der Waals surface area contributed by atoms with E-state index in [1.54, 1.807) is 6.07 Å². The molecule has 0 saturated heterocycles. The van der Waals surface area contributed by atoms with Crippen LogP contribution in [0.1, 0.15) is 13.8 Å². The number of aliphatic carboxylic acids is 1. The van der Waals surface area contributed by atoms with Crippen LogP contribution >= 0.6 is 0 Å². The van der Waals surface area contributed by atoms with Crippen molar-refractivity contribution in [2.75, 3.05) is 0 Å². The Hall–Kier alpha value is -2.51. The molecule has 1 aromatic carbocycles. The first-order valence-electron chi connectivity index (χ1n) is 6.24. The molecule has 0 radical (unpaired) electrons. The predicted molar refractivity (Wildman–Crippen MR) is 71.3 cm³/mol. The molecule has 2 rings (SSSR count). The summed E-state index contributed by atoms with van der Waals surface area (Å²) in [5.41, 5.74) is -0.339. The van der Waals surface area contributed by atoms with Gasteiger partial charge in [-0.15, -0.1) is 13.2 Å². The van der Waals surface area contributed by atoms with Crippen molar-refractivity contribution in [1.29, 1.82) is 0 Å². The highest BCUT2D eigenvalue weighted by atomic mass is 19.4. The molecule has 0 fully saturated rings. The molecule has 0 aliphatic carbocycles. The first kappa shape index (κ1) is 15.9. The van der Waals surface area contributed by atoms with E-state index in [2.05, 4.69) is 9.84 Å². The second-order valence-corrected chi connectivity index (χ2v) is 5.11. The van der Waals surface area contributed by atoms with Crippen molar-refractivity contribution in [3.63, 3.8) is 0 Å². The lowest BCUT2D eigenvalue weighted by molar-refractivity contribution is -0.274. The van der Waals surface area contributed by atoms with Gasteiger partial charge in [-0.2, -0.15) is 5.10 Å². The number of alkyl halides is 3. The van der Waals surface area contributed by atoms with Crippen LogP contribution in [0.3, 0.4) is 0 Å². The molecule has 0 spiro atoms. The highest BCUT2D eigenvalue weighted by molar-refractivity contribution is 5.76. The number of rotatable bonds is 4. The van der Waals surface area contributed by atoms with Crippen molar-refractivity contribution < 1.29 is 27.8 Å². The Labute approximate surface area is 123 Å². The summed E-state index contributed by atoms with van der Waals surface area (Å²) in [6.45, 7) is 2.94. The topological polar surface area (TPSA) is 64.3 Å². The first-order valence-corrected chi connectivity index (χ1v) is 6.24. The lowest BCUT2D eigenvalue weighted by Crippen LogP contribution is -2.35. The summed E-state index contributed by atoms with van der Waals surface area (Å²) in [5.74, 6) is -1.42. The van der Waals surface area contributed by atoms with E-state index < -0.39 is 17.9 Å². The summed E-state index contributed by atoms with van der Waals surface area (Å²) in [6.07, 6.45) is -1.92. The van der Waals surface area contributed by atoms with Gasteiger partial charge in [0.15, 0.2) is 5.54 Å². The molecular formula is C14H13F3N2O3.